The molecule has 10 aromatic rings. The van der Waals surface area contributed by atoms with E-state index in [0.717, 1.165) is 38.5 Å². The average molecular weight is 1330 g/mol. The van der Waals surface area contributed by atoms with Crippen LogP contribution in [-0.2, 0) is 55.5 Å². The van der Waals surface area contributed by atoms with Crippen molar-refractivity contribution in [2.45, 2.75) is 158 Å². The van der Waals surface area contributed by atoms with E-state index < -0.39 is 103 Å². The molecule has 0 spiro atoms. The Morgan fingerprint density at radius 1 is 0.605 bits per heavy atom. The molecule has 0 unspecified atom stereocenters. The Labute approximate surface area is 557 Å². The van der Waals surface area contributed by atoms with Gasteiger partial charge in [-0.1, -0.05) is 207 Å². The number of nitrogens with zero attached hydrogens (tertiary/aromatic N) is 4. The molecular formula is C80H85N4OPt-3. The molecule has 0 saturated carbocycles. The van der Waals surface area contributed by atoms with Crippen LogP contribution < -0.4 is 14.5 Å². The Morgan fingerprint density at radius 3 is 1.93 bits per heavy atom. The normalized spacial score (nSPS) is 20.5. The summed E-state index contributed by atoms with van der Waals surface area (Å²) in [6.45, 7) is 9.02. The SMILES string of the molecule is [2H]c1c([2H])c2c(c([2H])c1-c1cc(CC(C)(C)C)cc(-c3ccc(-c4ccc(C(C)(C)C)cc4C(C)(C)C)cc3)c1N1[CH-]N(c3[c-]c(Oc4[c-]c5c(cc4)c4ccccc4n5-c4cc(C([2H])([2H])C(C)(C)C)ccn4)ccc3)c3ccccc31)C(C([2H])([2H])[2H])(C([2H])([2H])[2H])C([2H])([2H])C([2H])([2H])C2(C([2H])([2H])[2H])C([2H])([2H])[2H].[Pt]. The topological polar surface area (TPSA) is 33.5 Å². The summed E-state index contributed by atoms with van der Waals surface area (Å²) in [4.78, 5) is 8.30. The molecule has 0 fully saturated rings. The third-order valence-corrected chi connectivity index (χ3v) is 15.5. The van der Waals surface area contributed by atoms with Gasteiger partial charge >= 0.3 is 0 Å². The summed E-state index contributed by atoms with van der Waals surface area (Å²) >= 11 is 0. The maximum atomic E-state index is 10.6. The fourth-order valence-electron chi connectivity index (χ4n) is 11.7. The van der Waals surface area contributed by atoms with Gasteiger partial charge in [-0.3, -0.25) is 0 Å². The first-order valence-corrected chi connectivity index (χ1v) is 28.9. The van der Waals surface area contributed by atoms with Gasteiger partial charge in [0.1, 0.15) is 5.82 Å². The first kappa shape index (κ1) is 39.6. The van der Waals surface area contributed by atoms with Gasteiger partial charge in [0.05, 0.1) is 4.11 Å². The predicted octanol–water partition coefficient (Wildman–Crippen LogP) is 22.1. The maximum Gasteiger partial charge on any atom is 0.135 e. The van der Waals surface area contributed by atoms with Crippen molar-refractivity contribution in [1.29, 1.82) is 0 Å². The number of anilines is 4. The van der Waals surface area contributed by atoms with E-state index in [1.165, 1.54) is 0 Å². The number of benzene rings is 8. The van der Waals surface area contributed by atoms with Gasteiger partial charge in [0, 0.05) is 97.1 Å². The van der Waals surface area contributed by atoms with Gasteiger partial charge in [-0.15, -0.1) is 48.1 Å². The molecule has 444 valence electrons. The number of ether oxygens (including phenoxy) is 1. The van der Waals surface area contributed by atoms with Crippen LogP contribution in [0.2, 0.25) is 0 Å². The molecule has 1 aliphatic heterocycles. The average Bonchev–Trinajstić information content (AvgIpc) is 0.967. The molecule has 2 aromatic heterocycles. The minimum atomic E-state index is -4.54. The van der Waals surface area contributed by atoms with Crippen molar-refractivity contribution in [3.8, 4) is 50.7 Å². The van der Waals surface area contributed by atoms with E-state index >= 15 is 0 Å². The van der Waals surface area contributed by atoms with Crippen LogP contribution in [0.25, 0.3) is 61.0 Å². The Bertz CT molecular complexity index is 5110. The van der Waals surface area contributed by atoms with Gasteiger partial charge in [0.2, 0.25) is 0 Å². The summed E-state index contributed by atoms with van der Waals surface area (Å²) in [5, 5.41) is 1.73. The summed E-state index contributed by atoms with van der Waals surface area (Å²) in [7, 11) is 0. The molecule has 0 saturated heterocycles. The molecule has 8 aromatic carbocycles. The quantitative estimate of drug-likeness (QED) is 0.128. The third kappa shape index (κ3) is 11.9. The molecule has 0 amide bonds. The summed E-state index contributed by atoms with van der Waals surface area (Å²) in [5.74, 6) is 1.00. The van der Waals surface area contributed by atoms with Crippen LogP contribution in [0.5, 0.6) is 11.5 Å². The molecule has 0 atom stereocenters. The molecule has 86 heavy (non-hydrogen) atoms. The first-order valence-electron chi connectivity index (χ1n) is 39.4. The molecule has 1 aliphatic carbocycles. The number of pyridine rings is 1. The van der Waals surface area contributed by atoms with Crippen LogP contribution in [0.15, 0.2) is 170 Å². The molecule has 0 radical (unpaired) electrons. The third-order valence-electron chi connectivity index (χ3n) is 15.5. The van der Waals surface area contributed by atoms with Gasteiger partial charge in [-0.05, 0) is 162 Å². The van der Waals surface area contributed by atoms with Crippen molar-refractivity contribution < 1.29 is 54.6 Å². The maximum absolute atomic E-state index is 10.6. The minimum absolute atomic E-state index is 0. The fourth-order valence-corrected chi connectivity index (χ4v) is 11.7. The zero-order chi connectivity index (χ0) is 78.2. The first-order chi connectivity index (χ1) is 48.7. The van der Waals surface area contributed by atoms with Crippen LogP contribution in [0, 0.1) is 29.6 Å². The van der Waals surface area contributed by atoms with E-state index in [2.05, 4.69) is 71.9 Å². The fraction of sp³-hybridized carbons (Fsp3) is 0.325. The van der Waals surface area contributed by atoms with Crippen molar-refractivity contribution in [2.75, 3.05) is 9.80 Å². The van der Waals surface area contributed by atoms with Crippen LogP contribution in [0.4, 0.5) is 22.7 Å². The molecule has 0 N–H and O–H groups in total. The van der Waals surface area contributed by atoms with Crippen molar-refractivity contribution in [3.05, 3.63) is 222 Å². The smallest absolute Gasteiger partial charge is 0.135 e. The largest absolute Gasteiger partial charge is 0.509 e. The van der Waals surface area contributed by atoms with Crippen LogP contribution in [0.1, 0.15) is 185 Å². The number of aromatic nitrogens is 2. The van der Waals surface area contributed by atoms with Crippen LogP contribution in [-0.4, -0.2) is 9.55 Å². The van der Waals surface area contributed by atoms with E-state index in [0.29, 0.717) is 56.4 Å². The van der Waals surface area contributed by atoms with Crippen molar-refractivity contribution in [2.24, 2.45) is 10.8 Å². The van der Waals surface area contributed by atoms with E-state index in [4.69, 9.17) is 20.7 Å². The Hall–Kier alpha value is -7.20. The zero-order valence-corrected chi connectivity index (χ0v) is 53.0. The number of fused-ring (bicyclic) bond motifs is 5. The van der Waals surface area contributed by atoms with Crippen molar-refractivity contribution >= 4 is 44.6 Å². The van der Waals surface area contributed by atoms with Crippen molar-refractivity contribution in [3.63, 3.8) is 0 Å². The number of rotatable bonds is 10. The van der Waals surface area contributed by atoms with Crippen molar-refractivity contribution in [1.82, 2.24) is 9.55 Å². The Kier molecular flexibility index (Phi) is 10.2. The second-order valence-corrected chi connectivity index (χ2v) is 26.9. The number of hydrogen-bond acceptors (Lipinski definition) is 4. The van der Waals surface area contributed by atoms with Gasteiger partial charge in [0.15, 0.2) is 0 Å². The minimum Gasteiger partial charge on any atom is -0.509 e. The Balaban J connectivity index is 0.0000114. The number of hydrogen-bond donors (Lipinski definition) is 0. The summed E-state index contributed by atoms with van der Waals surface area (Å²) in [5.41, 5.74) is -5.46. The molecule has 12 rings (SSSR count). The molecular weight excluding hydrogens is 1230 g/mol. The standard InChI is InChI=1S/C80H85N4O.Pt/c1-75(2,3)49-52-38-41-81-73(44-52)84-69-25-18-17-24-62(69)63-36-34-60(48-72(63)84)85-59-23-21-22-58(47-59)82-51-83(71-27-20-19-26-70(71)82)74-64(55-30-28-54(29-31-55)61-35-33-57(77(7,8)9)46-67(61)78(10,11)12)42-53(50-76(4,5)6)43-65(74)56-32-37-66-68(45-56)80(15,16)40-39-79(66,13)14;/h17-38,41-46,51H,39-40,49-50H2,1-16H3;/q-3;/i13D3,14D3,15D3,16D3,32D,37D,39D2,40D2,45D,49D2;. The van der Waals surface area contributed by atoms with Gasteiger partial charge in [0.25, 0.3) is 0 Å². The second-order valence-electron chi connectivity index (χ2n) is 26.9. The summed E-state index contributed by atoms with van der Waals surface area (Å²) in [6, 6.07) is 48.2. The molecule has 3 heterocycles. The van der Waals surface area contributed by atoms with Crippen LogP contribution in [0.3, 0.4) is 0 Å². The Morgan fingerprint density at radius 2 is 1.26 bits per heavy atom. The van der Waals surface area contributed by atoms with Gasteiger partial charge < -0.3 is 19.1 Å². The second kappa shape index (κ2) is 22.2. The summed E-state index contributed by atoms with van der Waals surface area (Å²) < 4.78 is 206. The molecule has 0 bridgehead atoms. The molecule has 5 nitrogen and oxygen atoms in total. The molecule has 6 heteroatoms. The monoisotopic (exact) mass is 1330 g/mol. The van der Waals surface area contributed by atoms with E-state index in [-0.39, 0.29) is 55.3 Å². The van der Waals surface area contributed by atoms with Gasteiger partial charge in [-0.25, -0.2) is 4.98 Å². The number of para-hydroxylation sites is 3. The zero-order valence-electron chi connectivity index (χ0n) is 71.7. The summed E-state index contributed by atoms with van der Waals surface area (Å²) in [6.07, 6.45) is -8.94. The van der Waals surface area contributed by atoms with E-state index in [9.17, 15) is 17.8 Å². The molecule has 2 aliphatic rings. The van der Waals surface area contributed by atoms with Gasteiger partial charge in [-0.2, -0.15) is 12.1 Å². The van der Waals surface area contributed by atoms with E-state index in [1.807, 2.05) is 113 Å². The van der Waals surface area contributed by atoms with E-state index in [1.54, 1.807) is 83.3 Å². The predicted molar refractivity (Wildman–Crippen MR) is 360 cm³/mol. The van der Waals surface area contributed by atoms with Crippen LogP contribution >= 0.6 is 0 Å².